The van der Waals surface area contributed by atoms with Gasteiger partial charge < -0.3 is 14.9 Å². The maximum atomic E-state index is 13.0. The van der Waals surface area contributed by atoms with Gasteiger partial charge in [-0.15, -0.1) is 0 Å². The van der Waals surface area contributed by atoms with E-state index >= 15 is 0 Å². The van der Waals surface area contributed by atoms with E-state index in [1.54, 1.807) is 24.7 Å². The van der Waals surface area contributed by atoms with E-state index in [0.29, 0.717) is 35.0 Å². The van der Waals surface area contributed by atoms with Crippen LogP contribution in [-0.4, -0.2) is 38.6 Å². The standard InChI is InChI=1S/C24H22ClN7O2/c1-32-12-20(26-13-32)22-17-11-27-31-23(33)16-9-15(10-19(29-22)21(16)17)28-24(34)18(30-25)8-7-14-5-3-2-4-6-14/h2-6,9-13,18,29-30H,7-8H2,1H3,(H,28,34)(H,31,33)/t18-/m1/s1. The van der Waals surface area contributed by atoms with Gasteiger partial charge in [-0.05, 0) is 42.3 Å². The Morgan fingerprint density at radius 1 is 1.24 bits per heavy atom. The fourth-order valence-corrected chi connectivity index (χ4v) is 4.33. The lowest BCUT2D eigenvalue weighted by Gasteiger charge is -2.15. The predicted octanol–water partition coefficient (Wildman–Crippen LogP) is 3.33. The van der Waals surface area contributed by atoms with E-state index in [1.807, 2.05) is 48.1 Å². The lowest BCUT2D eigenvalue weighted by atomic mass is 10.0. The highest BCUT2D eigenvalue weighted by molar-refractivity contribution is 6.18. The van der Waals surface area contributed by atoms with Crippen molar-refractivity contribution in [3.63, 3.8) is 0 Å². The molecule has 5 rings (SSSR count). The van der Waals surface area contributed by atoms with E-state index in [4.69, 9.17) is 11.8 Å². The number of amides is 2. The van der Waals surface area contributed by atoms with Crippen molar-refractivity contribution in [2.45, 2.75) is 18.9 Å². The van der Waals surface area contributed by atoms with Crippen LogP contribution in [0, 0.1) is 0 Å². The van der Waals surface area contributed by atoms with Gasteiger partial charge in [0.05, 0.1) is 23.8 Å². The van der Waals surface area contributed by atoms with Crippen LogP contribution < -0.4 is 15.6 Å². The minimum Gasteiger partial charge on any atom is -0.353 e. The first-order chi connectivity index (χ1) is 16.5. The molecule has 0 radical (unpaired) electrons. The second-order valence-corrected chi connectivity index (χ2v) is 8.38. The first kappa shape index (κ1) is 21.9. The summed E-state index contributed by atoms with van der Waals surface area (Å²) >= 11 is 5.89. The molecule has 1 aliphatic heterocycles. The molecule has 9 nitrogen and oxygen atoms in total. The average molecular weight is 476 g/mol. The Kier molecular flexibility index (Phi) is 5.87. The van der Waals surface area contributed by atoms with Crippen LogP contribution >= 0.6 is 11.8 Å². The Balaban J connectivity index is 1.45. The molecule has 2 amide bonds. The number of benzene rings is 2. The maximum absolute atomic E-state index is 13.0. The number of nitrogens with zero attached hydrogens (tertiary/aromatic N) is 3. The zero-order chi connectivity index (χ0) is 23.7. The van der Waals surface area contributed by atoms with Crippen LogP contribution in [0.5, 0.6) is 0 Å². The lowest BCUT2D eigenvalue weighted by molar-refractivity contribution is -0.117. The highest BCUT2D eigenvalue weighted by atomic mass is 35.5. The number of hydrogen-bond donors (Lipinski definition) is 4. The molecular weight excluding hydrogens is 454 g/mol. The second-order valence-electron chi connectivity index (χ2n) is 8.16. The molecule has 0 fully saturated rings. The Morgan fingerprint density at radius 3 is 2.79 bits per heavy atom. The molecule has 0 unspecified atom stereocenters. The molecule has 0 spiro atoms. The average Bonchev–Trinajstić information content (AvgIpc) is 3.38. The number of aromatic amines is 1. The van der Waals surface area contributed by atoms with Gasteiger partial charge in [-0.1, -0.05) is 30.3 Å². The molecule has 3 heterocycles. The smallest absolute Gasteiger partial charge is 0.272 e. The van der Waals surface area contributed by atoms with E-state index < -0.39 is 6.04 Å². The first-order valence-electron chi connectivity index (χ1n) is 10.8. The van der Waals surface area contributed by atoms with E-state index in [-0.39, 0.29) is 11.8 Å². The molecule has 4 aromatic rings. The van der Waals surface area contributed by atoms with Crippen LogP contribution in [0.15, 0.2) is 60.1 Å². The lowest BCUT2D eigenvalue weighted by Crippen LogP contribution is -2.36. The predicted molar refractivity (Wildman–Crippen MR) is 132 cm³/mol. The van der Waals surface area contributed by atoms with Gasteiger partial charge in [0.25, 0.3) is 5.91 Å². The molecule has 1 atom stereocenters. The number of hydrazone groups is 1. The number of imidazole rings is 1. The van der Waals surface area contributed by atoms with E-state index in [2.05, 4.69) is 30.6 Å². The summed E-state index contributed by atoms with van der Waals surface area (Å²) in [6.07, 6.45) is 6.38. The number of H-pyrrole nitrogens is 1. The second kappa shape index (κ2) is 9.12. The highest BCUT2D eigenvalue weighted by Gasteiger charge is 2.24. The summed E-state index contributed by atoms with van der Waals surface area (Å²) in [6, 6.07) is 12.7. The quantitative estimate of drug-likeness (QED) is 0.307. The van der Waals surface area contributed by atoms with Crippen LogP contribution in [0.4, 0.5) is 5.69 Å². The number of carbonyl (C=O) groups excluding carboxylic acids is 2. The summed E-state index contributed by atoms with van der Waals surface area (Å²) in [4.78, 5) is 36.0. The van der Waals surface area contributed by atoms with E-state index in [0.717, 1.165) is 22.5 Å². The molecule has 10 heteroatoms. The van der Waals surface area contributed by atoms with Crippen molar-refractivity contribution in [3.8, 4) is 11.4 Å². The van der Waals surface area contributed by atoms with E-state index in [1.165, 1.54) is 0 Å². The third kappa shape index (κ3) is 4.18. The molecule has 172 valence electrons. The summed E-state index contributed by atoms with van der Waals surface area (Å²) in [6.45, 7) is 0. The molecule has 0 bridgehead atoms. The molecule has 0 saturated heterocycles. The third-order valence-corrected chi connectivity index (χ3v) is 6.05. The first-order valence-corrected chi connectivity index (χ1v) is 11.1. The van der Waals surface area contributed by atoms with Crippen LogP contribution in [0.1, 0.15) is 27.9 Å². The van der Waals surface area contributed by atoms with Gasteiger partial charge in [0.15, 0.2) is 0 Å². The van der Waals surface area contributed by atoms with Gasteiger partial charge in [0.2, 0.25) is 5.91 Å². The Labute approximate surface area is 200 Å². The SMILES string of the molecule is Cn1cnc(-c2[nH]c3cc(NC(=O)[C@@H](CCc4ccccc4)NCl)cc4c3c2C=NNC4=O)c1. The van der Waals surface area contributed by atoms with Crippen molar-refractivity contribution < 1.29 is 9.59 Å². The van der Waals surface area contributed by atoms with Gasteiger partial charge in [-0.3, -0.25) is 9.59 Å². The summed E-state index contributed by atoms with van der Waals surface area (Å²) in [7, 11) is 1.88. The van der Waals surface area contributed by atoms with Gasteiger partial charge in [0, 0.05) is 35.4 Å². The fourth-order valence-electron chi connectivity index (χ4n) is 4.12. The third-order valence-electron chi connectivity index (χ3n) is 5.78. The molecule has 34 heavy (non-hydrogen) atoms. The number of nitrogens with one attached hydrogen (secondary N) is 4. The fraction of sp³-hybridized carbons (Fsp3) is 0.167. The topological polar surface area (TPSA) is 116 Å². The maximum Gasteiger partial charge on any atom is 0.272 e. The molecule has 2 aromatic heterocycles. The van der Waals surface area contributed by atoms with Gasteiger partial charge in [-0.25, -0.2) is 15.2 Å². The summed E-state index contributed by atoms with van der Waals surface area (Å²) in [5.74, 6) is -0.654. The van der Waals surface area contributed by atoms with Gasteiger partial charge >= 0.3 is 0 Å². The molecule has 4 N–H and O–H groups in total. The number of rotatable bonds is 7. The number of anilines is 1. The van der Waals surface area contributed by atoms with Crippen molar-refractivity contribution in [1.29, 1.82) is 0 Å². The number of halogens is 1. The summed E-state index contributed by atoms with van der Waals surface area (Å²) < 4.78 is 1.84. The van der Waals surface area contributed by atoms with Crippen LogP contribution in [0.25, 0.3) is 22.3 Å². The van der Waals surface area contributed by atoms with E-state index in [9.17, 15) is 9.59 Å². The number of carbonyl (C=O) groups is 2. The molecule has 0 saturated carbocycles. The Morgan fingerprint density at radius 2 is 2.06 bits per heavy atom. The van der Waals surface area contributed by atoms with Gasteiger partial charge in [0.1, 0.15) is 11.7 Å². The number of aryl methyl sites for hydroxylation is 2. The number of aromatic nitrogens is 3. The van der Waals surface area contributed by atoms with Crippen LogP contribution in [0.2, 0.25) is 0 Å². The summed E-state index contributed by atoms with van der Waals surface area (Å²) in [5, 5.41) is 7.65. The Hall–Kier alpha value is -3.95. The van der Waals surface area contributed by atoms with Gasteiger partial charge in [-0.2, -0.15) is 5.10 Å². The Bertz CT molecular complexity index is 1410. The minimum absolute atomic E-state index is 0.292. The molecule has 0 aliphatic carbocycles. The zero-order valence-corrected chi connectivity index (χ0v) is 19.1. The monoisotopic (exact) mass is 475 g/mol. The van der Waals surface area contributed by atoms with Crippen molar-refractivity contribution in [2.24, 2.45) is 12.1 Å². The largest absolute Gasteiger partial charge is 0.353 e. The van der Waals surface area contributed by atoms with Crippen molar-refractivity contribution >= 4 is 46.4 Å². The normalized spacial score (nSPS) is 13.5. The zero-order valence-electron chi connectivity index (χ0n) is 18.3. The van der Waals surface area contributed by atoms with Crippen molar-refractivity contribution in [2.75, 3.05) is 5.32 Å². The molecule has 2 aromatic carbocycles. The molecular formula is C24H22ClN7O2. The van der Waals surface area contributed by atoms with Crippen molar-refractivity contribution in [3.05, 3.63) is 71.7 Å². The molecule has 1 aliphatic rings. The van der Waals surface area contributed by atoms with Crippen LogP contribution in [0.3, 0.4) is 0 Å². The summed E-state index contributed by atoms with van der Waals surface area (Å²) in [5.41, 5.74) is 7.41. The minimum atomic E-state index is -0.614. The van der Waals surface area contributed by atoms with Crippen molar-refractivity contribution in [1.82, 2.24) is 24.8 Å². The van der Waals surface area contributed by atoms with Crippen LogP contribution in [-0.2, 0) is 18.3 Å². The number of hydrogen-bond acceptors (Lipinski definition) is 5. The highest BCUT2D eigenvalue weighted by Crippen LogP contribution is 2.34.